The number of benzene rings is 2. The van der Waals surface area contributed by atoms with E-state index in [1.54, 1.807) is 0 Å². The molecule has 100 valence electrons. The van der Waals surface area contributed by atoms with Crippen LogP contribution in [0.25, 0.3) is 11.1 Å². The molecule has 0 aliphatic rings. The minimum Gasteiger partial charge on any atom is -0.324 e. The van der Waals surface area contributed by atoms with Gasteiger partial charge < -0.3 is 5.73 Å². The van der Waals surface area contributed by atoms with E-state index in [1.165, 1.54) is 16.7 Å². The largest absolute Gasteiger partial charge is 0.324 e. The van der Waals surface area contributed by atoms with Crippen molar-refractivity contribution < 1.29 is 0 Å². The third-order valence-corrected chi connectivity index (χ3v) is 4.13. The highest BCUT2D eigenvalue weighted by Gasteiger charge is 2.25. The van der Waals surface area contributed by atoms with Gasteiger partial charge in [0.15, 0.2) is 0 Å². The first kappa shape index (κ1) is 13.8. The summed E-state index contributed by atoms with van der Waals surface area (Å²) in [5, 5.41) is 0. The average molecular weight is 253 g/mol. The molecular formula is C18H23N. The van der Waals surface area contributed by atoms with Crippen molar-refractivity contribution in [1.29, 1.82) is 0 Å². The van der Waals surface area contributed by atoms with E-state index in [0.717, 1.165) is 6.42 Å². The highest BCUT2D eigenvalue weighted by atomic mass is 14.7. The molecule has 1 unspecified atom stereocenters. The number of nitrogens with two attached hydrogens (primary N) is 1. The SMILES string of the molecule is CCC(C)(C)C(N)c1ccc(-c2ccccc2)cc1. The van der Waals surface area contributed by atoms with Gasteiger partial charge in [0.25, 0.3) is 0 Å². The summed E-state index contributed by atoms with van der Waals surface area (Å²) in [6.45, 7) is 6.64. The number of rotatable bonds is 4. The quantitative estimate of drug-likeness (QED) is 0.833. The minimum absolute atomic E-state index is 0.0855. The second-order valence-electron chi connectivity index (χ2n) is 5.81. The fourth-order valence-electron chi connectivity index (χ4n) is 2.18. The second kappa shape index (κ2) is 5.58. The molecule has 0 bridgehead atoms. The Hall–Kier alpha value is -1.60. The van der Waals surface area contributed by atoms with Crippen LogP contribution in [0.3, 0.4) is 0 Å². The van der Waals surface area contributed by atoms with Crippen molar-refractivity contribution in [3.05, 3.63) is 60.2 Å². The van der Waals surface area contributed by atoms with E-state index >= 15 is 0 Å². The molecule has 0 spiro atoms. The summed E-state index contributed by atoms with van der Waals surface area (Å²) < 4.78 is 0. The molecule has 19 heavy (non-hydrogen) atoms. The lowest BCUT2D eigenvalue weighted by Crippen LogP contribution is -2.28. The average Bonchev–Trinajstić information content (AvgIpc) is 2.47. The normalized spacial score (nSPS) is 13.3. The molecule has 0 aromatic heterocycles. The first-order chi connectivity index (χ1) is 9.04. The van der Waals surface area contributed by atoms with E-state index in [9.17, 15) is 0 Å². The van der Waals surface area contributed by atoms with Gasteiger partial charge in [-0.1, -0.05) is 75.4 Å². The van der Waals surface area contributed by atoms with Crippen LogP contribution in [-0.4, -0.2) is 0 Å². The van der Waals surface area contributed by atoms with E-state index in [0.29, 0.717) is 0 Å². The molecule has 1 atom stereocenters. The Morgan fingerprint density at radius 3 is 1.95 bits per heavy atom. The van der Waals surface area contributed by atoms with Crippen LogP contribution in [-0.2, 0) is 0 Å². The van der Waals surface area contributed by atoms with Gasteiger partial charge in [-0.2, -0.15) is 0 Å². The summed E-state index contributed by atoms with van der Waals surface area (Å²) in [5.41, 5.74) is 10.2. The van der Waals surface area contributed by atoms with Gasteiger partial charge in [0, 0.05) is 6.04 Å². The Morgan fingerprint density at radius 2 is 1.42 bits per heavy atom. The van der Waals surface area contributed by atoms with Gasteiger partial charge in [0.1, 0.15) is 0 Å². The monoisotopic (exact) mass is 253 g/mol. The van der Waals surface area contributed by atoms with Gasteiger partial charge in [-0.05, 0) is 28.5 Å². The summed E-state index contributed by atoms with van der Waals surface area (Å²) in [7, 11) is 0. The maximum Gasteiger partial charge on any atom is 0.0346 e. The van der Waals surface area contributed by atoms with E-state index in [4.69, 9.17) is 5.73 Å². The zero-order chi connectivity index (χ0) is 13.9. The van der Waals surface area contributed by atoms with Gasteiger partial charge >= 0.3 is 0 Å². The van der Waals surface area contributed by atoms with Crippen molar-refractivity contribution in [1.82, 2.24) is 0 Å². The lowest BCUT2D eigenvalue weighted by molar-refractivity contribution is 0.278. The maximum atomic E-state index is 6.37. The highest BCUT2D eigenvalue weighted by Crippen LogP contribution is 2.34. The van der Waals surface area contributed by atoms with Gasteiger partial charge in [-0.3, -0.25) is 0 Å². The maximum absolute atomic E-state index is 6.37. The molecule has 2 aromatic carbocycles. The zero-order valence-corrected chi connectivity index (χ0v) is 12.1. The fraction of sp³-hybridized carbons (Fsp3) is 0.333. The Bertz CT molecular complexity index is 511. The van der Waals surface area contributed by atoms with Crippen LogP contribution in [0, 0.1) is 5.41 Å². The van der Waals surface area contributed by atoms with Crippen molar-refractivity contribution in [2.24, 2.45) is 11.1 Å². The van der Waals surface area contributed by atoms with Crippen LogP contribution in [0.15, 0.2) is 54.6 Å². The molecular weight excluding hydrogens is 230 g/mol. The van der Waals surface area contributed by atoms with E-state index < -0.39 is 0 Å². The lowest BCUT2D eigenvalue weighted by Gasteiger charge is -2.30. The minimum atomic E-state index is 0.0855. The molecule has 1 heteroatoms. The summed E-state index contributed by atoms with van der Waals surface area (Å²) in [4.78, 5) is 0. The van der Waals surface area contributed by atoms with Crippen LogP contribution in [0.5, 0.6) is 0 Å². The van der Waals surface area contributed by atoms with E-state index in [-0.39, 0.29) is 11.5 Å². The number of hydrogen-bond acceptors (Lipinski definition) is 1. The zero-order valence-electron chi connectivity index (χ0n) is 12.1. The molecule has 0 fully saturated rings. The van der Waals surface area contributed by atoms with Crippen molar-refractivity contribution in [2.75, 3.05) is 0 Å². The van der Waals surface area contributed by atoms with Gasteiger partial charge in [-0.25, -0.2) is 0 Å². The van der Waals surface area contributed by atoms with Crippen molar-refractivity contribution in [3.63, 3.8) is 0 Å². The molecule has 0 amide bonds. The molecule has 0 aliphatic carbocycles. The van der Waals surface area contributed by atoms with Crippen LogP contribution < -0.4 is 5.73 Å². The van der Waals surface area contributed by atoms with Crippen molar-refractivity contribution >= 4 is 0 Å². The first-order valence-corrected chi connectivity index (χ1v) is 6.95. The van der Waals surface area contributed by atoms with Crippen LogP contribution in [0.4, 0.5) is 0 Å². The standard InChI is InChI=1S/C18H23N/c1-4-18(2,3)17(19)16-12-10-15(11-13-16)14-8-6-5-7-9-14/h5-13,17H,4,19H2,1-3H3. The summed E-state index contributed by atoms with van der Waals surface area (Å²) in [6.07, 6.45) is 1.08. The molecule has 0 aliphatic heterocycles. The Balaban J connectivity index is 2.24. The Kier molecular flexibility index (Phi) is 4.06. The highest BCUT2D eigenvalue weighted by molar-refractivity contribution is 5.63. The summed E-state index contributed by atoms with van der Waals surface area (Å²) >= 11 is 0. The fourth-order valence-corrected chi connectivity index (χ4v) is 2.18. The Morgan fingerprint density at radius 1 is 0.895 bits per heavy atom. The van der Waals surface area contributed by atoms with Crippen LogP contribution in [0.2, 0.25) is 0 Å². The van der Waals surface area contributed by atoms with Crippen molar-refractivity contribution in [3.8, 4) is 11.1 Å². The smallest absolute Gasteiger partial charge is 0.0346 e. The first-order valence-electron chi connectivity index (χ1n) is 6.95. The van der Waals surface area contributed by atoms with Gasteiger partial charge in [-0.15, -0.1) is 0 Å². The van der Waals surface area contributed by atoms with Crippen LogP contribution in [0.1, 0.15) is 38.8 Å². The Labute approximate surface area is 116 Å². The third-order valence-electron chi connectivity index (χ3n) is 4.13. The van der Waals surface area contributed by atoms with E-state index in [2.05, 4.69) is 69.3 Å². The van der Waals surface area contributed by atoms with Gasteiger partial charge in [0.05, 0.1) is 0 Å². The molecule has 0 radical (unpaired) electrons. The van der Waals surface area contributed by atoms with E-state index in [1.807, 2.05) is 6.07 Å². The summed E-state index contributed by atoms with van der Waals surface area (Å²) in [6, 6.07) is 19.2. The molecule has 2 N–H and O–H groups in total. The van der Waals surface area contributed by atoms with Crippen LogP contribution >= 0.6 is 0 Å². The van der Waals surface area contributed by atoms with Gasteiger partial charge in [0.2, 0.25) is 0 Å². The lowest BCUT2D eigenvalue weighted by atomic mass is 9.79. The molecule has 0 saturated carbocycles. The molecule has 2 rings (SSSR count). The van der Waals surface area contributed by atoms with Crippen molar-refractivity contribution in [2.45, 2.75) is 33.2 Å². The molecule has 1 nitrogen and oxygen atoms in total. The second-order valence-corrected chi connectivity index (χ2v) is 5.81. The molecule has 2 aromatic rings. The third kappa shape index (κ3) is 3.05. The molecule has 0 saturated heterocycles. The predicted octanol–water partition coefficient (Wildman–Crippen LogP) is 4.79. The molecule has 0 heterocycles. The summed E-state index contributed by atoms with van der Waals surface area (Å²) in [5.74, 6) is 0. The topological polar surface area (TPSA) is 26.0 Å². The predicted molar refractivity (Wildman–Crippen MR) is 82.9 cm³/mol. The number of hydrogen-bond donors (Lipinski definition) is 1.